The third kappa shape index (κ3) is 2.34. The molecular formula is C20H16O3. The summed E-state index contributed by atoms with van der Waals surface area (Å²) in [6, 6.07) is 19.5. The number of rotatable bonds is 2. The van der Waals surface area contributed by atoms with E-state index in [1.165, 1.54) is 0 Å². The van der Waals surface area contributed by atoms with Gasteiger partial charge < -0.3 is 9.47 Å². The molecule has 3 aromatic carbocycles. The van der Waals surface area contributed by atoms with Crippen molar-refractivity contribution in [3.63, 3.8) is 0 Å². The van der Waals surface area contributed by atoms with Crippen LogP contribution in [0.2, 0.25) is 0 Å². The summed E-state index contributed by atoms with van der Waals surface area (Å²) < 4.78 is 11.3. The number of fused-ring (bicyclic) bond motifs is 3. The minimum Gasteiger partial charge on any atom is -0.497 e. The quantitative estimate of drug-likeness (QED) is 0.696. The summed E-state index contributed by atoms with van der Waals surface area (Å²) >= 11 is 0. The van der Waals surface area contributed by atoms with E-state index in [1.54, 1.807) is 7.11 Å². The Morgan fingerprint density at radius 2 is 1.78 bits per heavy atom. The number of carbonyl (C=O) groups is 1. The van der Waals surface area contributed by atoms with Crippen molar-refractivity contribution in [3.05, 3.63) is 71.8 Å². The lowest BCUT2D eigenvalue weighted by Crippen LogP contribution is -2.20. The monoisotopic (exact) mass is 304 g/mol. The summed E-state index contributed by atoms with van der Waals surface area (Å²) in [5, 5.41) is 2.02. The SMILES string of the molecule is COc1ccc([C@H]2CC(=O)c3c(ccc4ccccc34)O2)cc1. The van der Waals surface area contributed by atoms with Crippen molar-refractivity contribution >= 4 is 16.6 Å². The highest BCUT2D eigenvalue weighted by molar-refractivity contribution is 6.11. The van der Waals surface area contributed by atoms with Crippen LogP contribution in [0.25, 0.3) is 10.8 Å². The zero-order chi connectivity index (χ0) is 15.8. The molecule has 4 rings (SSSR count). The van der Waals surface area contributed by atoms with Gasteiger partial charge in [-0.05, 0) is 34.5 Å². The van der Waals surface area contributed by atoms with E-state index in [9.17, 15) is 4.79 Å². The van der Waals surface area contributed by atoms with E-state index in [-0.39, 0.29) is 11.9 Å². The molecule has 0 N–H and O–H groups in total. The smallest absolute Gasteiger partial charge is 0.171 e. The van der Waals surface area contributed by atoms with Crippen LogP contribution in [0.3, 0.4) is 0 Å². The fraction of sp³-hybridized carbons (Fsp3) is 0.150. The van der Waals surface area contributed by atoms with Crippen LogP contribution >= 0.6 is 0 Å². The zero-order valence-corrected chi connectivity index (χ0v) is 12.8. The van der Waals surface area contributed by atoms with Gasteiger partial charge in [-0.15, -0.1) is 0 Å². The van der Waals surface area contributed by atoms with Gasteiger partial charge in [0.2, 0.25) is 0 Å². The summed E-state index contributed by atoms with van der Waals surface area (Å²) in [5.74, 6) is 1.59. The van der Waals surface area contributed by atoms with E-state index in [2.05, 4.69) is 0 Å². The first kappa shape index (κ1) is 13.8. The third-order valence-electron chi connectivity index (χ3n) is 4.30. The van der Waals surface area contributed by atoms with Crippen molar-refractivity contribution < 1.29 is 14.3 Å². The van der Waals surface area contributed by atoms with Crippen molar-refractivity contribution in [2.75, 3.05) is 7.11 Å². The van der Waals surface area contributed by atoms with E-state index in [4.69, 9.17) is 9.47 Å². The Bertz CT molecular complexity index is 881. The first-order chi connectivity index (χ1) is 11.3. The summed E-state index contributed by atoms with van der Waals surface area (Å²) in [7, 11) is 1.64. The minimum atomic E-state index is -0.248. The lowest BCUT2D eigenvalue weighted by Gasteiger charge is -2.26. The number of Topliss-reactive ketones (excluding diaryl/α,β-unsaturated/α-hetero) is 1. The summed E-state index contributed by atoms with van der Waals surface area (Å²) in [4.78, 5) is 12.7. The number of ether oxygens (including phenoxy) is 2. The molecule has 1 aliphatic rings. The van der Waals surface area contributed by atoms with Crippen LogP contribution in [0.15, 0.2) is 60.7 Å². The van der Waals surface area contributed by atoms with Crippen LogP contribution in [-0.2, 0) is 0 Å². The molecule has 0 aliphatic carbocycles. The van der Waals surface area contributed by atoms with E-state index >= 15 is 0 Å². The van der Waals surface area contributed by atoms with Crippen LogP contribution < -0.4 is 9.47 Å². The van der Waals surface area contributed by atoms with E-state index < -0.39 is 0 Å². The van der Waals surface area contributed by atoms with Crippen LogP contribution in [0, 0.1) is 0 Å². The lowest BCUT2D eigenvalue weighted by atomic mass is 9.92. The minimum absolute atomic E-state index is 0.129. The fourth-order valence-electron chi connectivity index (χ4n) is 3.11. The molecule has 0 bridgehead atoms. The van der Waals surface area contributed by atoms with Gasteiger partial charge in [0, 0.05) is 0 Å². The van der Waals surface area contributed by atoms with E-state index in [0.717, 1.165) is 22.1 Å². The second-order valence-electron chi connectivity index (χ2n) is 5.67. The summed E-state index contributed by atoms with van der Waals surface area (Å²) in [6.45, 7) is 0. The molecule has 0 amide bonds. The molecule has 0 saturated carbocycles. The highest BCUT2D eigenvalue weighted by atomic mass is 16.5. The van der Waals surface area contributed by atoms with Crippen LogP contribution in [0.1, 0.15) is 28.4 Å². The van der Waals surface area contributed by atoms with Gasteiger partial charge in [-0.3, -0.25) is 4.79 Å². The van der Waals surface area contributed by atoms with Crippen molar-refractivity contribution in [3.8, 4) is 11.5 Å². The van der Waals surface area contributed by atoms with Crippen LogP contribution in [-0.4, -0.2) is 12.9 Å². The van der Waals surface area contributed by atoms with E-state index in [1.807, 2.05) is 60.7 Å². The Hall–Kier alpha value is -2.81. The van der Waals surface area contributed by atoms with Crippen molar-refractivity contribution in [1.82, 2.24) is 0 Å². The molecule has 3 nitrogen and oxygen atoms in total. The van der Waals surface area contributed by atoms with Gasteiger partial charge in [-0.25, -0.2) is 0 Å². The summed E-state index contributed by atoms with van der Waals surface area (Å²) in [6.07, 6.45) is 0.106. The average Bonchev–Trinajstić information content (AvgIpc) is 2.61. The van der Waals surface area contributed by atoms with E-state index in [0.29, 0.717) is 17.7 Å². The number of hydrogen-bond acceptors (Lipinski definition) is 3. The molecule has 0 fully saturated rings. The molecule has 3 heteroatoms. The van der Waals surface area contributed by atoms with Crippen molar-refractivity contribution in [1.29, 1.82) is 0 Å². The number of methoxy groups -OCH3 is 1. The molecule has 0 saturated heterocycles. The standard InChI is InChI=1S/C20H16O3/c1-22-15-9-6-14(7-10-15)19-12-17(21)20-16-5-3-2-4-13(16)8-11-18(20)23-19/h2-11,19H,12H2,1H3/t19-/m1/s1. The maximum Gasteiger partial charge on any atom is 0.171 e. The predicted octanol–water partition coefficient (Wildman–Crippen LogP) is 4.55. The van der Waals surface area contributed by atoms with Crippen LogP contribution in [0.4, 0.5) is 0 Å². The maximum atomic E-state index is 12.7. The molecule has 3 aromatic rings. The number of carbonyl (C=O) groups excluding carboxylic acids is 1. The molecule has 1 aliphatic heterocycles. The number of benzene rings is 3. The molecule has 23 heavy (non-hydrogen) atoms. The first-order valence-corrected chi connectivity index (χ1v) is 7.62. The Kier molecular flexibility index (Phi) is 3.27. The third-order valence-corrected chi connectivity index (χ3v) is 4.30. The highest BCUT2D eigenvalue weighted by Gasteiger charge is 2.29. The fourth-order valence-corrected chi connectivity index (χ4v) is 3.11. The Morgan fingerprint density at radius 3 is 2.57 bits per heavy atom. The molecule has 0 aromatic heterocycles. The number of ketones is 1. The topological polar surface area (TPSA) is 35.5 Å². The normalized spacial score (nSPS) is 16.7. The van der Waals surface area contributed by atoms with Crippen LogP contribution in [0.5, 0.6) is 11.5 Å². The molecule has 0 radical (unpaired) electrons. The molecular weight excluding hydrogens is 288 g/mol. The molecule has 0 spiro atoms. The number of hydrogen-bond donors (Lipinski definition) is 0. The Labute approximate surface area is 134 Å². The van der Waals surface area contributed by atoms with Gasteiger partial charge in [-0.1, -0.05) is 42.5 Å². The highest BCUT2D eigenvalue weighted by Crippen LogP contribution is 2.38. The Morgan fingerprint density at radius 1 is 1.00 bits per heavy atom. The van der Waals surface area contributed by atoms with Gasteiger partial charge >= 0.3 is 0 Å². The summed E-state index contributed by atoms with van der Waals surface area (Å²) in [5.41, 5.74) is 1.69. The lowest BCUT2D eigenvalue weighted by molar-refractivity contribution is 0.0853. The maximum absolute atomic E-state index is 12.7. The largest absolute Gasteiger partial charge is 0.497 e. The predicted molar refractivity (Wildman–Crippen MR) is 89.3 cm³/mol. The first-order valence-electron chi connectivity index (χ1n) is 7.62. The van der Waals surface area contributed by atoms with Gasteiger partial charge in [0.1, 0.15) is 17.6 Å². The molecule has 0 unspecified atom stereocenters. The Balaban J connectivity index is 1.74. The second kappa shape index (κ2) is 5.43. The average molecular weight is 304 g/mol. The van der Waals surface area contributed by atoms with Gasteiger partial charge in [0.05, 0.1) is 19.1 Å². The van der Waals surface area contributed by atoms with Crippen molar-refractivity contribution in [2.45, 2.75) is 12.5 Å². The molecule has 1 heterocycles. The molecule has 114 valence electrons. The van der Waals surface area contributed by atoms with Gasteiger partial charge in [-0.2, -0.15) is 0 Å². The van der Waals surface area contributed by atoms with Gasteiger partial charge in [0.15, 0.2) is 5.78 Å². The second-order valence-corrected chi connectivity index (χ2v) is 5.67. The zero-order valence-electron chi connectivity index (χ0n) is 12.8. The molecule has 1 atom stereocenters. The van der Waals surface area contributed by atoms with Gasteiger partial charge in [0.25, 0.3) is 0 Å². The van der Waals surface area contributed by atoms with Crippen molar-refractivity contribution in [2.24, 2.45) is 0 Å².